The third kappa shape index (κ3) is 2.84. The monoisotopic (exact) mass is 267 g/mol. The Hall–Kier alpha value is -1.39. The molecule has 0 aliphatic heterocycles. The van der Waals surface area contributed by atoms with Gasteiger partial charge in [0.15, 0.2) is 6.29 Å². The summed E-state index contributed by atoms with van der Waals surface area (Å²) in [6.07, 6.45) is 1.53. The van der Waals surface area contributed by atoms with E-state index in [4.69, 9.17) is 16.3 Å². The summed E-state index contributed by atoms with van der Waals surface area (Å²) in [4.78, 5) is 15.8. The summed E-state index contributed by atoms with van der Waals surface area (Å²) in [5.41, 5.74) is 0.460. The van der Waals surface area contributed by atoms with Crippen LogP contribution in [0.15, 0.2) is 24.3 Å². The minimum absolute atomic E-state index is 0.460. The summed E-state index contributed by atoms with van der Waals surface area (Å²) in [7, 11) is 0. The van der Waals surface area contributed by atoms with Crippen LogP contribution < -0.4 is 4.74 Å². The number of benzene rings is 1. The van der Waals surface area contributed by atoms with Crippen molar-refractivity contribution in [2.75, 3.05) is 0 Å². The molecule has 0 atom stereocenters. The van der Waals surface area contributed by atoms with Crippen LogP contribution in [0.1, 0.15) is 22.3 Å². The summed E-state index contributed by atoms with van der Waals surface area (Å²) in [6, 6.07) is 7.00. The largest absolute Gasteiger partial charge is 0.431 e. The van der Waals surface area contributed by atoms with Crippen molar-refractivity contribution < 1.29 is 9.53 Å². The van der Waals surface area contributed by atoms with Crippen molar-refractivity contribution in [1.82, 2.24) is 4.98 Å². The second kappa shape index (κ2) is 5.29. The summed E-state index contributed by atoms with van der Waals surface area (Å²) >= 11 is 7.16. The number of thiazole rings is 1. The van der Waals surface area contributed by atoms with Gasteiger partial charge in [0.05, 0.1) is 0 Å². The highest BCUT2D eigenvalue weighted by Gasteiger charge is 2.10. The SMILES string of the molecule is CCc1sc(Oc2ccc(Cl)cc2)nc1C=O. The van der Waals surface area contributed by atoms with E-state index in [1.807, 2.05) is 6.92 Å². The lowest BCUT2D eigenvalue weighted by Gasteiger charge is -2.00. The van der Waals surface area contributed by atoms with Crippen molar-refractivity contribution >= 4 is 29.2 Å². The molecule has 17 heavy (non-hydrogen) atoms. The summed E-state index contributed by atoms with van der Waals surface area (Å²) < 4.78 is 5.55. The van der Waals surface area contributed by atoms with Crippen molar-refractivity contribution in [3.8, 4) is 10.9 Å². The zero-order chi connectivity index (χ0) is 12.3. The number of carbonyl (C=O) groups is 1. The van der Waals surface area contributed by atoms with E-state index in [-0.39, 0.29) is 0 Å². The summed E-state index contributed by atoms with van der Waals surface area (Å²) in [5.74, 6) is 0.656. The van der Waals surface area contributed by atoms with E-state index < -0.39 is 0 Å². The maximum atomic E-state index is 10.8. The van der Waals surface area contributed by atoms with Gasteiger partial charge in [0.2, 0.25) is 0 Å². The van der Waals surface area contributed by atoms with Gasteiger partial charge < -0.3 is 4.74 Å². The predicted octanol–water partition coefficient (Wildman–Crippen LogP) is 3.96. The number of nitrogens with zero attached hydrogens (tertiary/aromatic N) is 1. The van der Waals surface area contributed by atoms with Gasteiger partial charge in [0.25, 0.3) is 5.19 Å². The van der Waals surface area contributed by atoms with Gasteiger partial charge in [-0.2, -0.15) is 4.98 Å². The van der Waals surface area contributed by atoms with E-state index in [0.717, 1.165) is 17.6 Å². The number of carbonyl (C=O) groups excluding carboxylic acids is 1. The van der Waals surface area contributed by atoms with E-state index in [1.165, 1.54) is 11.3 Å². The van der Waals surface area contributed by atoms with Gasteiger partial charge in [0.1, 0.15) is 11.4 Å². The molecule has 0 bridgehead atoms. The van der Waals surface area contributed by atoms with Crippen LogP contribution in [0.2, 0.25) is 5.02 Å². The molecule has 88 valence electrons. The molecule has 0 amide bonds. The highest BCUT2D eigenvalue weighted by Crippen LogP contribution is 2.29. The molecule has 0 unspecified atom stereocenters. The van der Waals surface area contributed by atoms with Crippen molar-refractivity contribution in [3.05, 3.63) is 39.9 Å². The van der Waals surface area contributed by atoms with Crippen LogP contribution in [0, 0.1) is 0 Å². The van der Waals surface area contributed by atoms with Gasteiger partial charge in [-0.05, 0) is 30.7 Å². The van der Waals surface area contributed by atoms with Crippen LogP contribution in [0.5, 0.6) is 10.9 Å². The molecule has 0 aliphatic rings. The lowest BCUT2D eigenvalue weighted by atomic mass is 10.3. The van der Waals surface area contributed by atoms with Crippen molar-refractivity contribution in [1.29, 1.82) is 0 Å². The first-order valence-corrected chi connectivity index (χ1v) is 6.30. The number of aromatic nitrogens is 1. The summed E-state index contributed by atoms with van der Waals surface area (Å²) in [5, 5.41) is 1.13. The van der Waals surface area contributed by atoms with Gasteiger partial charge in [0, 0.05) is 9.90 Å². The van der Waals surface area contributed by atoms with Crippen molar-refractivity contribution in [3.63, 3.8) is 0 Å². The van der Waals surface area contributed by atoms with Gasteiger partial charge in [-0.3, -0.25) is 4.79 Å². The van der Waals surface area contributed by atoms with Crippen LogP contribution in [0.25, 0.3) is 0 Å². The zero-order valence-corrected chi connectivity index (χ0v) is 10.7. The molecular weight excluding hydrogens is 258 g/mol. The molecule has 1 heterocycles. The van der Waals surface area contributed by atoms with Gasteiger partial charge in [-0.25, -0.2) is 0 Å². The number of ether oxygens (including phenoxy) is 1. The standard InChI is InChI=1S/C12H10ClNO2S/c1-2-11-10(7-15)14-12(17-11)16-9-5-3-8(13)4-6-9/h3-7H,2H2,1H3. The Morgan fingerprint density at radius 2 is 2.12 bits per heavy atom. The van der Waals surface area contributed by atoms with Gasteiger partial charge >= 0.3 is 0 Å². The Balaban J connectivity index is 2.21. The fourth-order valence-electron chi connectivity index (χ4n) is 1.33. The van der Waals surface area contributed by atoms with Crippen molar-refractivity contribution in [2.24, 2.45) is 0 Å². The molecule has 0 N–H and O–H groups in total. The Morgan fingerprint density at radius 1 is 1.41 bits per heavy atom. The first kappa shape index (κ1) is 12.1. The molecule has 0 radical (unpaired) electrons. The second-order valence-electron chi connectivity index (χ2n) is 3.32. The molecule has 1 aromatic heterocycles. The normalized spacial score (nSPS) is 10.2. The third-order valence-corrected chi connectivity index (χ3v) is 3.50. The average Bonchev–Trinajstić information content (AvgIpc) is 2.74. The lowest BCUT2D eigenvalue weighted by Crippen LogP contribution is -1.86. The number of rotatable bonds is 4. The van der Waals surface area contributed by atoms with Crippen LogP contribution >= 0.6 is 22.9 Å². The van der Waals surface area contributed by atoms with Crippen LogP contribution in [-0.2, 0) is 6.42 Å². The Labute approximate surface area is 108 Å². The maximum absolute atomic E-state index is 10.8. The Kier molecular flexibility index (Phi) is 3.76. The number of hydrogen-bond donors (Lipinski definition) is 0. The summed E-state index contributed by atoms with van der Waals surface area (Å²) in [6.45, 7) is 1.98. The van der Waals surface area contributed by atoms with Gasteiger partial charge in [-0.1, -0.05) is 29.9 Å². The highest BCUT2D eigenvalue weighted by molar-refractivity contribution is 7.13. The molecule has 5 heteroatoms. The van der Waals surface area contributed by atoms with Crippen molar-refractivity contribution in [2.45, 2.75) is 13.3 Å². The molecule has 3 nitrogen and oxygen atoms in total. The molecule has 0 saturated heterocycles. The minimum Gasteiger partial charge on any atom is -0.431 e. The Morgan fingerprint density at radius 3 is 2.65 bits per heavy atom. The number of halogens is 1. The zero-order valence-electron chi connectivity index (χ0n) is 9.14. The molecule has 0 fully saturated rings. The molecule has 1 aromatic carbocycles. The third-order valence-electron chi connectivity index (χ3n) is 2.16. The quantitative estimate of drug-likeness (QED) is 0.787. The highest BCUT2D eigenvalue weighted by atomic mass is 35.5. The smallest absolute Gasteiger partial charge is 0.279 e. The number of aldehydes is 1. The molecule has 2 rings (SSSR count). The second-order valence-corrected chi connectivity index (χ2v) is 4.80. The van der Waals surface area contributed by atoms with Crippen LogP contribution in [0.3, 0.4) is 0 Å². The van der Waals surface area contributed by atoms with E-state index >= 15 is 0 Å². The van der Waals surface area contributed by atoms with E-state index in [0.29, 0.717) is 21.7 Å². The van der Waals surface area contributed by atoms with E-state index in [9.17, 15) is 4.79 Å². The number of aryl methyl sites for hydroxylation is 1. The fourth-order valence-corrected chi connectivity index (χ4v) is 2.29. The first-order valence-electron chi connectivity index (χ1n) is 5.11. The van der Waals surface area contributed by atoms with Crippen LogP contribution in [0.4, 0.5) is 0 Å². The maximum Gasteiger partial charge on any atom is 0.279 e. The minimum atomic E-state index is 0.460. The topological polar surface area (TPSA) is 39.2 Å². The molecule has 0 spiro atoms. The van der Waals surface area contributed by atoms with E-state index in [1.54, 1.807) is 24.3 Å². The molecular formula is C12H10ClNO2S. The molecule has 0 saturated carbocycles. The van der Waals surface area contributed by atoms with E-state index in [2.05, 4.69) is 4.98 Å². The molecule has 2 aromatic rings. The number of hydrogen-bond acceptors (Lipinski definition) is 4. The molecule has 0 aliphatic carbocycles. The first-order chi connectivity index (χ1) is 8.22. The van der Waals surface area contributed by atoms with Gasteiger partial charge in [-0.15, -0.1) is 0 Å². The Bertz CT molecular complexity index is 522. The predicted molar refractivity (Wildman–Crippen MR) is 68.4 cm³/mol. The fraction of sp³-hybridized carbons (Fsp3) is 0.167. The van der Waals surface area contributed by atoms with Crippen LogP contribution in [-0.4, -0.2) is 11.3 Å². The average molecular weight is 268 g/mol. The lowest BCUT2D eigenvalue weighted by molar-refractivity contribution is 0.111.